The third kappa shape index (κ3) is 4.08. The van der Waals surface area contributed by atoms with E-state index in [1.807, 2.05) is 30.3 Å². The van der Waals surface area contributed by atoms with E-state index in [0.717, 1.165) is 17.7 Å². The van der Waals surface area contributed by atoms with Crippen LogP contribution in [0.25, 0.3) is 10.6 Å². The highest BCUT2D eigenvalue weighted by molar-refractivity contribution is 7.92. The van der Waals surface area contributed by atoms with E-state index in [9.17, 15) is 26.0 Å². The summed E-state index contributed by atoms with van der Waals surface area (Å²) in [6.07, 6.45) is 0. The van der Waals surface area contributed by atoms with Gasteiger partial charge in [0.05, 0.1) is 12.2 Å². The van der Waals surface area contributed by atoms with Crippen LogP contribution < -0.4 is 5.32 Å². The standard InChI is InChI=1S/C16H11F4N3O2S2/c17-11-6-7-12(13(8-11)27(24,25)16(18,19)20)21-9-14-22-23-15(26-14)10-4-2-1-3-5-10/h1-8,21H,9H2. The van der Waals surface area contributed by atoms with Gasteiger partial charge in [0.15, 0.2) is 0 Å². The van der Waals surface area contributed by atoms with Crippen molar-refractivity contribution in [3.05, 3.63) is 59.4 Å². The molecular formula is C16H11F4N3O2S2. The smallest absolute Gasteiger partial charge is 0.377 e. The lowest BCUT2D eigenvalue weighted by Gasteiger charge is -2.13. The highest BCUT2D eigenvalue weighted by atomic mass is 32.2. The van der Waals surface area contributed by atoms with Crippen LogP contribution in [0.2, 0.25) is 0 Å². The van der Waals surface area contributed by atoms with Gasteiger partial charge in [0.1, 0.15) is 20.7 Å². The van der Waals surface area contributed by atoms with E-state index in [0.29, 0.717) is 16.1 Å². The molecule has 5 nitrogen and oxygen atoms in total. The molecule has 3 rings (SSSR count). The van der Waals surface area contributed by atoms with Gasteiger partial charge in [0, 0.05) is 5.56 Å². The van der Waals surface area contributed by atoms with Gasteiger partial charge in [-0.3, -0.25) is 0 Å². The zero-order valence-corrected chi connectivity index (χ0v) is 15.0. The molecule has 0 radical (unpaired) electrons. The molecular weight excluding hydrogens is 406 g/mol. The molecule has 0 unspecified atom stereocenters. The summed E-state index contributed by atoms with van der Waals surface area (Å²) in [5, 5.41) is 11.5. The van der Waals surface area contributed by atoms with Gasteiger partial charge in [-0.1, -0.05) is 41.7 Å². The van der Waals surface area contributed by atoms with Gasteiger partial charge in [-0.2, -0.15) is 13.2 Å². The lowest BCUT2D eigenvalue weighted by molar-refractivity contribution is -0.0435. The van der Waals surface area contributed by atoms with E-state index in [1.165, 1.54) is 11.3 Å². The normalized spacial score (nSPS) is 12.1. The highest BCUT2D eigenvalue weighted by Gasteiger charge is 2.48. The molecule has 27 heavy (non-hydrogen) atoms. The minimum absolute atomic E-state index is 0.0729. The summed E-state index contributed by atoms with van der Waals surface area (Å²) in [6.45, 7) is -0.0729. The van der Waals surface area contributed by atoms with Gasteiger partial charge >= 0.3 is 5.51 Å². The van der Waals surface area contributed by atoms with Crippen molar-refractivity contribution >= 4 is 26.9 Å². The molecule has 1 heterocycles. The van der Waals surface area contributed by atoms with Crippen LogP contribution in [-0.2, 0) is 16.4 Å². The van der Waals surface area contributed by atoms with Gasteiger partial charge in [-0.15, -0.1) is 10.2 Å². The Kier molecular flexibility index (Phi) is 5.16. The molecule has 1 N–H and O–H groups in total. The number of aromatic nitrogens is 2. The molecule has 0 aliphatic carbocycles. The van der Waals surface area contributed by atoms with Crippen LogP contribution in [0.1, 0.15) is 5.01 Å². The number of nitrogens with zero attached hydrogens (tertiary/aromatic N) is 2. The van der Waals surface area contributed by atoms with E-state index >= 15 is 0 Å². The predicted molar refractivity (Wildman–Crippen MR) is 92.3 cm³/mol. The number of sulfone groups is 1. The first-order valence-electron chi connectivity index (χ1n) is 7.41. The molecule has 3 aromatic rings. The van der Waals surface area contributed by atoms with Crippen LogP contribution in [0.15, 0.2) is 53.4 Å². The third-order valence-electron chi connectivity index (χ3n) is 3.46. The van der Waals surface area contributed by atoms with Crippen LogP contribution in [0, 0.1) is 5.82 Å². The maximum atomic E-state index is 13.3. The monoisotopic (exact) mass is 417 g/mol. The largest absolute Gasteiger partial charge is 0.501 e. The third-order valence-corrected chi connectivity index (χ3v) is 5.95. The first kappa shape index (κ1) is 19.2. The molecule has 0 amide bonds. The first-order chi connectivity index (χ1) is 12.7. The maximum absolute atomic E-state index is 13.3. The number of halogens is 4. The Morgan fingerprint density at radius 1 is 1.04 bits per heavy atom. The van der Waals surface area contributed by atoms with E-state index in [1.54, 1.807) is 0 Å². The molecule has 0 fully saturated rings. The molecule has 0 atom stereocenters. The highest BCUT2D eigenvalue weighted by Crippen LogP contribution is 2.35. The zero-order valence-electron chi connectivity index (χ0n) is 13.4. The summed E-state index contributed by atoms with van der Waals surface area (Å²) in [5.41, 5.74) is -5.09. The van der Waals surface area contributed by atoms with Crippen molar-refractivity contribution in [1.29, 1.82) is 0 Å². The minimum Gasteiger partial charge on any atom is -0.377 e. The van der Waals surface area contributed by atoms with E-state index in [-0.39, 0.29) is 12.2 Å². The number of rotatable bonds is 5. The fourth-order valence-electron chi connectivity index (χ4n) is 2.18. The number of alkyl halides is 3. The van der Waals surface area contributed by atoms with Gasteiger partial charge in [0.2, 0.25) is 0 Å². The molecule has 0 saturated carbocycles. The Morgan fingerprint density at radius 2 is 1.74 bits per heavy atom. The summed E-state index contributed by atoms with van der Waals surface area (Å²) >= 11 is 1.20. The molecule has 0 aliphatic rings. The molecule has 0 saturated heterocycles. The van der Waals surface area contributed by atoms with Crippen LogP contribution in [0.4, 0.5) is 23.2 Å². The zero-order chi connectivity index (χ0) is 19.7. The topological polar surface area (TPSA) is 72.0 Å². The number of hydrogen-bond donors (Lipinski definition) is 1. The predicted octanol–water partition coefficient (Wildman–Crippen LogP) is 4.25. The number of anilines is 1. The van der Waals surface area contributed by atoms with Gasteiger partial charge < -0.3 is 5.32 Å². The molecule has 0 aliphatic heterocycles. The van der Waals surface area contributed by atoms with Crippen molar-refractivity contribution < 1.29 is 26.0 Å². The fraction of sp³-hybridized carbons (Fsp3) is 0.125. The van der Waals surface area contributed by atoms with Gasteiger partial charge in [-0.25, -0.2) is 12.8 Å². The Balaban J connectivity index is 1.85. The van der Waals surface area contributed by atoms with Crippen LogP contribution in [-0.4, -0.2) is 24.1 Å². The summed E-state index contributed by atoms with van der Waals surface area (Å²) < 4.78 is 75.2. The van der Waals surface area contributed by atoms with Crippen molar-refractivity contribution in [2.45, 2.75) is 16.9 Å². The quantitative estimate of drug-likeness (QED) is 0.629. The summed E-state index contributed by atoms with van der Waals surface area (Å²) in [6, 6.07) is 11.3. The Hall–Kier alpha value is -2.53. The van der Waals surface area contributed by atoms with Crippen molar-refractivity contribution in [2.75, 3.05) is 5.32 Å². The molecule has 142 valence electrons. The van der Waals surface area contributed by atoms with Crippen LogP contribution in [0.5, 0.6) is 0 Å². The molecule has 0 spiro atoms. The van der Waals surface area contributed by atoms with Crippen molar-refractivity contribution in [1.82, 2.24) is 10.2 Å². The summed E-state index contributed by atoms with van der Waals surface area (Å²) in [5.74, 6) is -1.09. The Morgan fingerprint density at radius 3 is 2.41 bits per heavy atom. The summed E-state index contributed by atoms with van der Waals surface area (Å²) in [4.78, 5) is -1.18. The summed E-state index contributed by atoms with van der Waals surface area (Å²) in [7, 11) is -5.71. The second kappa shape index (κ2) is 7.24. The minimum atomic E-state index is -5.71. The number of benzene rings is 2. The van der Waals surface area contributed by atoms with Gasteiger partial charge in [0.25, 0.3) is 9.84 Å². The lowest BCUT2D eigenvalue weighted by atomic mass is 10.2. The average Bonchev–Trinajstić information content (AvgIpc) is 3.09. The molecule has 0 bridgehead atoms. The number of nitrogens with one attached hydrogen (secondary N) is 1. The van der Waals surface area contributed by atoms with E-state index < -0.39 is 26.1 Å². The molecule has 11 heteroatoms. The second-order valence-electron chi connectivity index (χ2n) is 5.31. The first-order valence-corrected chi connectivity index (χ1v) is 9.71. The Bertz CT molecular complexity index is 1050. The number of hydrogen-bond acceptors (Lipinski definition) is 6. The van der Waals surface area contributed by atoms with Crippen molar-refractivity contribution in [2.24, 2.45) is 0 Å². The van der Waals surface area contributed by atoms with Gasteiger partial charge in [-0.05, 0) is 18.2 Å². The maximum Gasteiger partial charge on any atom is 0.501 e. The van der Waals surface area contributed by atoms with E-state index in [2.05, 4.69) is 15.5 Å². The SMILES string of the molecule is O=S(=O)(c1cc(F)ccc1NCc1nnc(-c2ccccc2)s1)C(F)(F)F. The lowest BCUT2D eigenvalue weighted by Crippen LogP contribution is -2.24. The van der Waals surface area contributed by atoms with Crippen molar-refractivity contribution in [3.63, 3.8) is 0 Å². The fourth-order valence-corrected chi connectivity index (χ4v) is 3.91. The van der Waals surface area contributed by atoms with E-state index in [4.69, 9.17) is 0 Å². The molecule has 2 aromatic carbocycles. The molecule has 1 aromatic heterocycles. The van der Waals surface area contributed by atoms with Crippen LogP contribution >= 0.6 is 11.3 Å². The van der Waals surface area contributed by atoms with Crippen LogP contribution in [0.3, 0.4) is 0 Å². The Labute approximate surface area is 155 Å². The second-order valence-corrected chi connectivity index (χ2v) is 8.28. The van der Waals surface area contributed by atoms with Crippen molar-refractivity contribution in [3.8, 4) is 10.6 Å². The average molecular weight is 417 g/mol.